The van der Waals surface area contributed by atoms with Crippen molar-refractivity contribution >= 4 is 39.5 Å². The second kappa shape index (κ2) is 10.1. The monoisotopic (exact) mass is 588 g/mol. The van der Waals surface area contributed by atoms with E-state index >= 15 is 4.39 Å². The lowest BCUT2D eigenvalue weighted by Crippen LogP contribution is -2.44. The fourth-order valence-corrected chi connectivity index (χ4v) is 5.29. The molecule has 0 unspecified atom stereocenters. The molecule has 4 atom stereocenters. The molecule has 0 saturated carbocycles. The molecule has 1 heterocycles. The van der Waals surface area contributed by atoms with Gasteiger partial charge in [0, 0.05) is 27.0 Å². The second-order valence-electron chi connectivity index (χ2n) is 9.81. The Kier molecular flexibility index (Phi) is 7.89. The van der Waals surface area contributed by atoms with Crippen LogP contribution in [0.15, 0.2) is 46.9 Å². The van der Waals surface area contributed by atoms with Gasteiger partial charge < -0.3 is 4.74 Å². The molecular weight excluding hydrogens is 568 g/mol. The highest BCUT2D eigenvalue weighted by atomic mass is 79.9. The van der Waals surface area contributed by atoms with Crippen LogP contribution in [0.1, 0.15) is 44.2 Å². The predicted octanol–water partition coefficient (Wildman–Crippen LogP) is 6.20. The molecule has 1 N–H and O–H groups in total. The molecule has 192 valence electrons. The van der Waals surface area contributed by atoms with Crippen molar-refractivity contribution in [2.75, 3.05) is 0 Å². The van der Waals surface area contributed by atoms with Gasteiger partial charge in [0.05, 0.1) is 6.07 Å². The first-order valence-electron chi connectivity index (χ1n) is 10.8. The summed E-state index contributed by atoms with van der Waals surface area (Å²) in [5, 5.41) is 13.6. The molecule has 36 heavy (non-hydrogen) atoms. The van der Waals surface area contributed by atoms with E-state index in [1.165, 1.54) is 12.1 Å². The summed E-state index contributed by atoms with van der Waals surface area (Å²) < 4.78 is 58.8. The maximum Gasteiger partial charge on any atom is 0.491 e. The Hall–Kier alpha value is -2.48. The quantitative estimate of drug-likeness (QED) is 0.261. The number of benzene rings is 2. The Labute approximate surface area is 218 Å². The van der Waals surface area contributed by atoms with Crippen molar-refractivity contribution in [1.82, 2.24) is 5.32 Å². The van der Waals surface area contributed by atoms with E-state index in [1.807, 2.05) is 20.8 Å². The van der Waals surface area contributed by atoms with Crippen LogP contribution in [0.3, 0.4) is 0 Å². The van der Waals surface area contributed by atoms with Gasteiger partial charge >= 0.3 is 18.1 Å². The van der Waals surface area contributed by atoms with Crippen LogP contribution in [0.25, 0.3) is 0 Å². The second-order valence-corrected chi connectivity index (χ2v) is 11.2. The lowest BCUT2D eigenvalue weighted by Gasteiger charge is -2.37. The van der Waals surface area contributed by atoms with E-state index in [4.69, 9.17) is 11.6 Å². The number of carbonyl (C=O) groups excluding carboxylic acids is 2. The summed E-state index contributed by atoms with van der Waals surface area (Å²) >= 11 is 9.27. The Morgan fingerprint density at radius 1 is 1.19 bits per heavy atom. The van der Waals surface area contributed by atoms with Gasteiger partial charge in [-0.3, -0.25) is 5.32 Å². The van der Waals surface area contributed by atoms with Crippen LogP contribution in [-0.4, -0.2) is 30.2 Å². The van der Waals surface area contributed by atoms with E-state index in [2.05, 4.69) is 32.1 Å². The van der Waals surface area contributed by atoms with Gasteiger partial charge in [-0.1, -0.05) is 66.5 Å². The predicted molar refractivity (Wildman–Crippen MR) is 128 cm³/mol. The number of esters is 2. The lowest BCUT2D eigenvalue weighted by atomic mass is 9.63. The number of nitrogens with one attached hydrogen (secondary N) is 1. The minimum atomic E-state index is -5.40. The van der Waals surface area contributed by atoms with E-state index in [9.17, 15) is 28.0 Å². The highest BCUT2D eigenvalue weighted by Gasteiger charge is 2.61. The molecule has 11 heteroatoms. The molecule has 1 aliphatic rings. The van der Waals surface area contributed by atoms with E-state index < -0.39 is 52.8 Å². The van der Waals surface area contributed by atoms with Crippen molar-refractivity contribution < 1.29 is 31.9 Å². The SMILES string of the molecule is CC(C)(C)C[C@@H]1N[C@H](C(=O)OC(=O)C(F)(F)F)[C@H](c2cccc(Br)c2)[C@@]1(C#N)c1ccc(Cl)cc1F. The third-order valence-corrected chi connectivity index (χ3v) is 6.75. The molecule has 0 aliphatic carbocycles. The largest absolute Gasteiger partial charge is 0.491 e. The van der Waals surface area contributed by atoms with Gasteiger partial charge in [-0.05, 0) is 41.7 Å². The standard InChI is InChI=1S/C25H22BrClF4N2O3/c1-23(2,3)11-18-24(12-32,16-8-7-15(27)10-17(16)28)19(13-5-4-6-14(26)9-13)20(33-18)21(34)36-22(35)25(29,30)31/h4-10,18-20,33H,11H2,1-3H3/t18-,19-,20-,24-/m0/s1. The number of hydrogen-bond donors (Lipinski definition) is 1. The topological polar surface area (TPSA) is 79.2 Å². The summed E-state index contributed by atoms with van der Waals surface area (Å²) in [6, 6.07) is 9.89. The number of halogens is 6. The molecule has 0 bridgehead atoms. The maximum atomic E-state index is 15.4. The van der Waals surface area contributed by atoms with Crippen molar-refractivity contribution in [3.05, 3.63) is 68.9 Å². The molecule has 1 saturated heterocycles. The highest BCUT2D eigenvalue weighted by molar-refractivity contribution is 9.10. The number of nitrogens with zero attached hydrogens (tertiary/aromatic N) is 1. The van der Waals surface area contributed by atoms with Crippen molar-refractivity contribution in [2.45, 2.75) is 56.8 Å². The highest BCUT2D eigenvalue weighted by Crippen LogP contribution is 2.52. The average Bonchev–Trinajstić information content (AvgIpc) is 3.06. The van der Waals surface area contributed by atoms with Crippen LogP contribution < -0.4 is 5.32 Å². The van der Waals surface area contributed by atoms with Crippen LogP contribution in [0, 0.1) is 22.6 Å². The van der Waals surface area contributed by atoms with Gasteiger partial charge in [0.15, 0.2) is 0 Å². The van der Waals surface area contributed by atoms with Gasteiger partial charge in [0.1, 0.15) is 17.3 Å². The van der Waals surface area contributed by atoms with Gasteiger partial charge in [-0.15, -0.1) is 0 Å². The first kappa shape index (κ1) is 28.1. The molecule has 5 nitrogen and oxygen atoms in total. The lowest BCUT2D eigenvalue weighted by molar-refractivity contribution is -0.202. The Morgan fingerprint density at radius 3 is 2.39 bits per heavy atom. The number of carbonyl (C=O) groups is 2. The molecule has 2 aromatic carbocycles. The van der Waals surface area contributed by atoms with Crippen LogP contribution in [0.4, 0.5) is 17.6 Å². The van der Waals surface area contributed by atoms with Crippen molar-refractivity contribution in [3.8, 4) is 6.07 Å². The zero-order chi connectivity index (χ0) is 27.1. The first-order valence-corrected chi connectivity index (χ1v) is 12.0. The molecule has 0 aromatic heterocycles. The van der Waals surface area contributed by atoms with Crippen LogP contribution in [0.2, 0.25) is 5.02 Å². The van der Waals surface area contributed by atoms with Crippen molar-refractivity contribution in [2.24, 2.45) is 5.41 Å². The van der Waals surface area contributed by atoms with E-state index in [-0.39, 0.29) is 17.0 Å². The van der Waals surface area contributed by atoms with E-state index in [0.717, 1.165) is 6.07 Å². The number of rotatable bonds is 4. The average molecular weight is 590 g/mol. The van der Waals surface area contributed by atoms with Crippen LogP contribution in [0.5, 0.6) is 0 Å². The summed E-state index contributed by atoms with van der Waals surface area (Å²) in [4.78, 5) is 24.5. The summed E-state index contributed by atoms with van der Waals surface area (Å²) in [6.45, 7) is 5.59. The molecule has 2 aromatic rings. The Bertz CT molecular complexity index is 1230. The first-order chi connectivity index (χ1) is 16.6. The number of ether oxygens (including phenoxy) is 1. The maximum absolute atomic E-state index is 15.4. The van der Waals surface area contributed by atoms with Gasteiger partial charge in [-0.25, -0.2) is 14.0 Å². The fourth-order valence-electron chi connectivity index (χ4n) is 4.72. The van der Waals surface area contributed by atoms with Gasteiger partial charge in [0.2, 0.25) is 0 Å². The summed E-state index contributed by atoms with van der Waals surface area (Å²) in [5.41, 5.74) is -1.97. The third-order valence-electron chi connectivity index (χ3n) is 6.02. The fraction of sp³-hybridized carbons (Fsp3) is 0.400. The van der Waals surface area contributed by atoms with Gasteiger partial charge in [-0.2, -0.15) is 18.4 Å². The smallest absolute Gasteiger partial charge is 0.385 e. The van der Waals surface area contributed by atoms with Crippen molar-refractivity contribution in [3.63, 3.8) is 0 Å². The summed E-state index contributed by atoms with van der Waals surface area (Å²) in [6.07, 6.45) is -5.18. The van der Waals surface area contributed by atoms with E-state index in [0.29, 0.717) is 10.0 Å². The third kappa shape index (κ3) is 5.58. The summed E-state index contributed by atoms with van der Waals surface area (Å²) in [7, 11) is 0. The molecule has 0 spiro atoms. The minimum Gasteiger partial charge on any atom is -0.385 e. The zero-order valence-electron chi connectivity index (χ0n) is 19.4. The molecule has 0 radical (unpaired) electrons. The minimum absolute atomic E-state index is 0.0772. The Morgan fingerprint density at radius 2 is 1.86 bits per heavy atom. The number of alkyl halides is 3. The number of hydrogen-bond acceptors (Lipinski definition) is 5. The van der Waals surface area contributed by atoms with Crippen molar-refractivity contribution in [1.29, 1.82) is 5.26 Å². The molecular formula is C25H22BrClF4N2O3. The molecule has 0 amide bonds. The molecule has 1 fully saturated rings. The molecule has 1 aliphatic heterocycles. The Balaban J connectivity index is 2.29. The van der Waals surface area contributed by atoms with Gasteiger partial charge in [0.25, 0.3) is 0 Å². The van der Waals surface area contributed by atoms with Crippen LogP contribution >= 0.6 is 27.5 Å². The molecule has 3 rings (SSSR count). The van der Waals surface area contributed by atoms with E-state index in [1.54, 1.807) is 24.3 Å². The number of nitriles is 1. The van der Waals surface area contributed by atoms with Crippen LogP contribution in [-0.2, 0) is 19.7 Å². The summed E-state index contributed by atoms with van der Waals surface area (Å²) in [5.74, 6) is -6.24. The normalized spacial score (nSPS) is 24.3. The zero-order valence-corrected chi connectivity index (χ0v) is 21.8.